The number of fused-ring (bicyclic) bond motifs is 1. The van der Waals surface area contributed by atoms with Crippen molar-refractivity contribution < 1.29 is 23.1 Å². The zero-order chi connectivity index (χ0) is 18.4. The Hall–Kier alpha value is -2.38. The van der Waals surface area contributed by atoms with Gasteiger partial charge in [0.2, 0.25) is 10.0 Å². The lowest BCUT2D eigenvalue weighted by atomic mass is 9.99. The van der Waals surface area contributed by atoms with E-state index in [1.54, 1.807) is 37.3 Å². The van der Waals surface area contributed by atoms with Crippen LogP contribution in [0.1, 0.15) is 32.6 Å². The Morgan fingerprint density at radius 2 is 1.80 bits per heavy atom. The molecule has 132 valence electrons. The van der Waals surface area contributed by atoms with Crippen LogP contribution in [0.3, 0.4) is 0 Å². The van der Waals surface area contributed by atoms with Crippen molar-refractivity contribution in [1.82, 2.24) is 4.31 Å². The summed E-state index contributed by atoms with van der Waals surface area (Å²) < 4.78 is 31.8. The number of carbonyl (C=O) groups excluding carboxylic acids is 1. The van der Waals surface area contributed by atoms with Gasteiger partial charge < -0.3 is 9.84 Å². The average molecular weight is 361 g/mol. The largest absolute Gasteiger partial charge is 0.507 e. The molecule has 1 N–H and O–H groups in total. The molecule has 25 heavy (non-hydrogen) atoms. The van der Waals surface area contributed by atoms with Gasteiger partial charge >= 0.3 is 5.97 Å². The van der Waals surface area contributed by atoms with Crippen LogP contribution in [-0.2, 0) is 27.8 Å². The maximum Gasteiger partial charge on any atom is 0.341 e. The van der Waals surface area contributed by atoms with Crippen molar-refractivity contribution in [3.63, 3.8) is 0 Å². The molecule has 0 amide bonds. The van der Waals surface area contributed by atoms with E-state index in [1.807, 2.05) is 6.92 Å². The third kappa shape index (κ3) is 2.89. The van der Waals surface area contributed by atoms with Gasteiger partial charge in [0.1, 0.15) is 11.3 Å². The summed E-state index contributed by atoms with van der Waals surface area (Å²) in [5.74, 6) is -0.841. The maximum absolute atomic E-state index is 12.9. The lowest BCUT2D eigenvalue weighted by Gasteiger charge is -2.16. The normalized spacial score (nSPS) is 14.4. The molecule has 1 aliphatic rings. The predicted molar refractivity (Wildman–Crippen MR) is 91.8 cm³/mol. The Bertz CT molecular complexity index is 948. The molecule has 3 rings (SSSR count). The number of esters is 1. The topological polar surface area (TPSA) is 83.9 Å². The number of aromatic hydroxyl groups is 1. The summed E-state index contributed by atoms with van der Waals surface area (Å²) in [5, 5.41) is 10.2. The summed E-state index contributed by atoms with van der Waals surface area (Å²) in [5.41, 5.74) is 2.71. The van der Waals surface area contributed by atoms with Gasteiger partial charge in [-0.05, 0) is 42.7 Å². The molecule has 0 spiro atoms. The molecule has 2 aromatic carbocycles. The maximum atomic E-state index is 12.9. The van der Waals surface area contributed by atoms with Crippen LogP contribution in [0, 0.1) is 13.8 Å². The molecule has 0 aromatic heterocycles. The van der Waals surface area contributed by atoms with Gasteiger partial charge in [0.05, 0.1) is 12.0 Å². The molecule has 1 heterocycles. The Morgan fingerprint density at radius 1 is 1.16 bits per heavy atom. The number of hydrogen-bond acceptors (Lipinski definition) is 5. The fourth-order valence-corrected chi connectivity index (χ4v) is 4.40. The molecule has 0 atom stereocenters. The van der Waals surface area contributed by atoms with E-state index in [0.29, 0.717) is 16.7 Å². The van der Waals surface area contributed by atoms with Crippen molar-refractivity contribution in [2.45, 2.75) is 31.8 Å². The van der Waals surface area contributed by atoms with Gasteiger partial charge in [-0.2, -0.15) is 4.31 Å². The van der Waals surface area contributed by atoms with Crippen molar-refractivity contribution in [3.05, 3.63) is 58.1 Å². The number of phenolic OH excluding ortho intramolecular Hbond substituents is 1. The van der Waals surface area contributed by atoms with E-state index >= 15 is 0 Å². The molecule has 1 aliphatic heterocycles. The first-order valence-electron chi connectivity index (χ1n) is 7.75. The van der Waals surface area contributed by atoms with Crippen LogP contribution >= 0.6 is 0 Å². The van der Waals surface area contributed by atoms with E-state index in [4.69, 9.17) is 4.74 Å². The summed E-state index contributed by atoms with van der Waals surface area (Å²) in [6.45, 7) is 3.72. The van der Waals surface area contributed by atoms with E-state index in [-0.39, 0.29) is 29.3 Å². The molecule has 2 aromatic rings. The summed E-state index contributed by atoms with van der Waals surface area (Å²) in [6.07, 6.45) is 0. The first kappa shape index (κ1) is 17.4. The molecule has 0 saturated heterocycles. The molecule has 0 saturated carbocycles. The van der Waals surface area contributed by atoms with Gasteiger partial charge in [0.25, 0.3) is 0 Å². The summed E-state index contributed by atoms with van der Waals surface area (Å²) >= 11 is 0. The first-order chi connectivity index (χ1) is 11.8. The zero-order valence-corrected chi connectivity index (χ0v) is 15.1. The minimum absolute atomic E-state index is 0.0177. The number of sulfonamides is 1. The van der Waals surface area contributed by atoms with Crippen LogP contribution in [0.4, 0.5) is 0 Å². The van der Waals surface area contributed by atoms with E-state index in [2.05, 4.69) is 0 Å². The van der Waals surface area contributed by atoms with Crippen molar-refractivity contribution in [3.8, 4) is 5.75 Å². The van der Waals surface area contributed by atoms with Gasteiger partial charge in [-0.3, -0.25) is 0 Å². The number of aryl methyl sites for hydroxylation is 2. The molecular weight excluding hydrogens is 342 g/mol. The predicted octanol–water partition coefficient (Wildman–Crippen LogP) is 2.50. The minimum Gasteiger partial charge on any atom is -0.507 e. The Labute approximate surface area is 146 Å². The van der Waals surface area contributed by atoms with Crippen LogP contribution in [0.25, 0.3) is 0 Å². The molecule has 0 fully saturated rings. The second-order valence-corrected chi connectivity index (χ2v) is 8.07. The van der Waals surface area contributed by atoms with Crippen molar-refractivity contribution in [2.75, 3.05) is 7.11 Å². The lowest BCUT2D eigenvalue weighted by molar-refractivity contribution is 0.0595. The standard InChI is InChI=1S/C18H19NO5S/c1-11-4-6-14(7-5-11)25(22,23)19-9-13-8-12(2)17(20)16(15(13)10-19)18(21)24-3/h4-8,20H,9-10H2,1-3H3. The second-order valence-electron chi connectivity index (χ2n) is 6.13. The van der Waals surface area contributed by atoms with Crippen LogP contribution in [0.2, 0.25) is 0 Å². The highest BCUT2D eigenvalue weighted by Gasteiger charge is 2.35. The zero-order valence-electron chi connectivity index (χ0n) is 14.2. The third-order valence-corrected chi connectivity index (χ3v) is 6.23. The van der Waals surface area contributed by atoms with Gasteiger partial charge in [0.15, 0.2) is 0 Å². The number of rotatable bonds is 3. The highest BCUT2D eigenvalue weighted by atomic mass is 32.2. The van der Waals surface area contributed by atoms with E-state index in [1.165, 1.54) is 11.4 Å². The highest BCUT2D eigenvalue weighted by Crippen LogP contribution is 2.37. The van der Waals surface area contributed by atoms with Crippen molar-refractivity contribution >= 4 is 16.0 Å². The van der Waals surface area contributed by atoms with Crippen LogP contribution in [0.5, 0.6) is 5.75 Å². The van der Waals surface area contributed by atoms with Crippen LogP contribution in [0.15, 0.2) is 35.2 Å². The monoisotopic (exact) mass is 361 g/mol. The minimum atomic E-state index is -3.70. The number of carbonyl (C=O) groups is 1. The van der Waals surface area contributed by atoms with Crippen LogP contribution in [-0.4, -0.2) is 30.9 Å². The molecular formula is C18H19NO5S. The van der Waals surface area contributed by atoms with E-state index in [9.17, 15) is 18.3 Å². The van der Waals surface area contributed by atoms with Crippen molar-refractivity contribution in [2.24, 2.45) is 0 Å². The first-order valence-corrected chi connectivity index (χ1v) is 9.19. The number of methoxy groups -OCH3 is 1. The van der Waals surface area contributed by atoms with Gasteiger partial charge in [-0.25, -0.2) is 13.2 Å². The van der Waals surface area contributed by atoms with E-state index < -0.39 is 16.0 Å². The van der Waals surface area contributed by atoms with Crippen molar-refractivity contribution in [1.29, 1.82) is 0 Å². The quantitative estimate of drug-likeness (QED) is 0.849. The Balaban J connectivity index is 2.04. The van der Waals surface area contributed by atoms with Gasteiger partial charge in [-0.15, -0.1) is 0 Å². The van der Waals surface area contributed by atoms with Crippen LogP contribution < -0.4 is 0 Å². The van der Waals surface area contributed by atoms with Gasteiger partial charge in [0, 0.05) is 13.1 Å². The molecule has 0 bridgehead atoms. The summed E-state index contributed by atoms with van der Waals surface area (Å²) in [6, 6.07) is 8.33. The smallest absolute Gasteiger partial charge is 0.341 e. The fourth-order valence-electron chi connectivity index (χ4n) is 3.01. The number of benzene rings is 2. The van der Waals surface area contributed by atoms with E-state index in [0.717, 1.165) is 5.56 Å². The molecule has 6 nitrogen and oxygen atoms in total. The molecule has 7 heteroatoms. The fraction of sp³-hybridized carbons (Fsp3) is 0.278. The average Bonchev–Trinajstić information content (AvgIpc) is 2.99. The van der Waals surface area contributed by atoms with Gasteiger partial charge in [-0.1, -0.05) is 23.8 Å². The molecule has 0 unspecified atom stereocenters. The second kappa shape index (κ2) is 6.16. The third-order valence-electron chi connectivity index (χ3n) is 4.42. The number of nitrogens with zero attached hydrogens (tertiary/aromatic N) is 1. The Kier molecular flexibility index (Phi) is 4.30. The number of phenols is 1. The molecule has 0 radical (unpaired) electrons. The molecule has 0 aliphatic carbocycles. The Morgan fingerprint density at radius 3 is 2.40 bits per heavy atom. The summed E-state index contributed by atoms with van der Waals surface area (Å²) in [4.78, 5) is 12.3. The lowest BCUT2D eigenvalue weighted by Crippen LogP contribution is -2.25. The highest BCUT2D eigenvalue weighted by molar-refractivity contribution is 7.89. The number of ether oxygens (including phenoxy) is 1. The SMILES string of the molecule is COC(=O)c1c(O)c(C)cc2c1CN(S(=O)(=O)c1ccc(C)cc1)C2. The number of hydrogen-bond donors (Lipinski definition) is 1. The summed E-state index contributed by atoms with van der Waals surface area (Å²) in [7, 11) is -2.47.